The van der Waals surface area contributed by atoms with Crippen molar-refractivity contribution in [2.24, 2.45) is 0 Å². The average molecular weight is 611 g/mol. The molecule has 0 atom stereocenters. The number of sulfonamides is 1. The van der Waals surface area contributed by atoms with Gasteiger partial charge in [-0.25, -0.2) is 22.4 Å². The summed E-state index contributed by atoms with van der Waals surface area (Å²) in [5, 5.41) is 13.2. The van der Waals surface area contributed by atoms with Crippen molar-refractivity contribution in [1.29, 1.82) is 0 Å². The number of carbonyl (C=O) groups is 2. The molecular weight excluding hydrogens is 589 g/mol. The van der Waals surface area contributed by atoms with Crippen molar-refractivity contribution in [3.05, 3.63) is 94.5 Å². The van der Waals surface area contributed by atoms with Crippen LogP contribution >= 0.6 is 11.6 Å². The first-order chi connectivity index (χ1) is 19.3. The SMILES string of the molecule is CC(C)c1onc(-c2ccccc2F)c1COc1ccc(NS(=O)(=O)c2cccc(C(=O)O)c2)c(Cl)c1.O=C(F)F. The van der Waals surface area contributed by atoms with E-state index in [1.54, 1.807) is 18.2 Å². The van der Waals surface area contributed by atoms with Crippen LogP contribution in [0.2, 0.25) is 5.02 Å². The number of nitrogens with zero attached hydrogens (tertiary/aromatic N) is 1. The molecule has 0 spiro atoms. The van der Waals surface area contributed by atoms with Gasteiger partial charge in [0, 0.05) is 17.5 Å². The molecule has 3 aromatic carbocycles. The van der Waals surface area contributed by atoms with Crippen LogP contribution in [-0.4, -0.2) is 30.9 Å². The quantitative estimate of drug-likeness (QED) is 0.187. The number of carbonyl (C=O) groups excluding carboxylic acids is 1. The van der Waals surface area contributed by atoms with Gasteiger partial charge in [-0.2, -0.15) is 0 Å². The summed E-state index contributed by atoms with van der Waals surface area (Å²) in [7, 11) is -4.10. The number of anilines is 1. The lowest BCUT2D eigenvalue weighted by molar-refractivity contribution is 0.0696. The maximum atomic E-state index is 14.4. The molecule has 41 heavy (non-hydrogen) atoms. The number of aromatic nitrogens is 1. The highest BCUT2D eigenvalue weighted by Crippen LogP contribution is 2.34. The van der Waals surface area contributed by atoms with Crippen LogP contribution in [-0.2, 0) is 16.6 Å². The van der Waals surface area contributed by atoms with Crippen molar-refractivity contribution in [2.45, 2.75) is 31.3 Å². The minimum Gasteiger partial charge on any atom is -0.489 e. The summed E-state index contributed by atoms with van der Waals surface area (Å²) in [4.78, 5) is 19.1. The zero-order valence-corrected chi connectivity index (χ0v) is 23.0. The molecule has 0 saturated heterocycles. The normalized spacial score (nSPS) is 11.0. The smallest absolute Gasteiger partial charge is 0.483 e. The van der Waals surface area contributed by atoms with Crippen molar-refractivity contribution >= 4 is 39.6 Å². The molecule has 0 unspecified atom stereocenters. The summed E-state index contributed by atoms with van der Waals surface area (Å²) in [6.45, 7) is 3.84. The number of aromatic carboxylic acids is 1. The average Bonchev–Trinajstić information content (AvgIpc) is 3.33. The fourth-order valence-corrected chi connectivity index (χ4v) is 5.00. The number of hydrogen-bond donors (Lipinski definition) is 2. The lowest BCUT2D eigenvalue weighted by atomic mass is 10.0. The second kappa shape index (κ2) is 13.3. The van der Waals surface area contributed by atoms with Crippen molar-refractivity contribution in [3.8, 4) is 17.0 Å². The molecule has 4 aromatic rings. The van der Waals surface area contributed by atoms with E-state index in [1.807, 2.05) is 13.8 Å². The molecule has 0 saturated carbocycles. The summed E-state index contributed by atoms with van der Waals surface area (Å²) >= 11 is 6.31. The first-order valence-electron chi connectivity index (χ1n) is 11.7. The summed E-state index contributed by atoms with van der Waals surface area (Å²) in [5.41, 5.74) is 1.11. The lowest BCUT2D eigenvalue weighted by Crippen LogP contribution is -2.14. The third kappa shape index (κ3) is 8.08. The van der Waals surface area contributed by atoms with Gasteiger partial charge in [0.05, 0.1) is 26.7 Å². The molecule has 9 nitrogen and oxygen atoms in total. The molecule has 0 bridgehead atoms. The van der Waals surface area contributed by atoms with Crippen LogP contribution in [0.3, 0.4) is 0 Å². The molecule has 14 heteroatoms. The Morgan fingerprint density at radius 1 is 1.07 bits per heavy atom. The number of hydrogen-bond acceptors (Lipinski definition) is 7. The first-order valence-corrected chi connectivity index (χ1v) is 13.5. The topological polar surface area (TPSA) is 136 Å². The number of carboxylic acid groups (broad SMARTS) is 1. The summed E-state index contributed by atoms with van der Waals surface area (Å²) in [6, 6.07) is 15.5. The highest BCUT2D eigenvalue weighted by Gasteiger charge is 2.23. The minimum atomic E-state index is -4.10. The van der Waals surface area contributed by atoms with Gasteiger partial charge in [-0.05, 0) is 42.5 Å². The first kappa shape index (κ1) is 31.2. The van der Waals surface area contributed by atoms with Crippen molar-refractivity contribution in [2.75, 3.05) is 4.72 Å². The monoisotopic (exact) mass is 610 g/mol. The highest BCUT2D eigenvalue weighted by atomic mass is 35.5. The minimum absolute atomic E-state index is 0.00403. The fourth-order valence-electron chi connectivity index (χ4n) is 3.60. The van der Waals surface area contributed by atoms with E-state index >= 15 is 0 Å². The molecule has 0 amide bonds. The van der Waals surface area contributed by atoms with Crippen LogP contribution in [0.1, 0.15) is 41.4 Å². The van der Waals surface area contributed by atoms with Gasteiger partial charge in [0.2, 0.25) is 0 Å². The van der Waals surface area contributed by atoms with Gasteiger partial charge in [0.15, 0.2) is 0 Å². The standard InChI is InChI=1S/C26H22ClFN2O6S.CF2O/c1-15(2)25-20(24(29-36-25)19-8-3-4-9-22(19)28)14-35-17-10-11-23(21(27)13-17)30-37(33,34)18-7-5-6-16(12-18)26(31)32;2-1(3)4/h3-13,15,30H,14H2,1-2H3,(H,31,32);. The molecule has 0 aliphatic carbocycles. The second-order valence-corrected chi connectivity index (χ2v) is 10.7. The van der Waals surface area contributed by atoms with Crippen LogP contribution in [0.25, 0.3) is 11.3 Å². The summed E-state index contributed by atoms with van der Waals surface area (Å²) in [5.74, 6) is -0.843. The van der Waals surface area contributed by atoms with Gasteiger partial charge < -0.3 is 14.4 Å². The lowest BCUT2D eigenvalue weighted by Gasteiger charge is -2.13. The largest absolute Gasteiger partial charge is 0.489 e. The number of nitrogens with one attached hydrogen (secondary N) is 1. The zero-order chi connectivity index (χ0) is 30.3. The van der Waals surface area contributed by atoms with E-state index < -0.39 is 28.1 Å². The molecule has 4 rings (SSSR count). The van der Waals surface area contributed by atoms with Gasteiger partial charge in [0.25, 0.3) is 10.0 Å². The predicted molar refractivity (Wildman–Crippen MR) is 144 cm³/mol. The zero-order valence-electron chi connectivity index (χ0n) is 21.4. The van der Waals surface area contributed by atoms with Crippen LogP contribution in [0, 0.1) is 5.82 Å². The number of rotatable bonds is 9. The van der Waals surface area contributed by atoms with E-state index in [0.29, 0.717) is 22.8 Å². The Kier molecular flexibility index (Phi) is 10.1. The molecule has 0 fully saturated rings. The number of ether oxygens (including phenoxy) is 1. The maximum Gasteiger partial charge on any atom is 0.483 e. The van der Waals surface area contributed by atoms with E-state index in [-0.39, 0.29) is 39.3 Å². The Bertz CT molecular complexity index is 1670. The summed E-state index contributed by atoms with van der Waals surface area (Å²) < 4.78 is 73.0. The molecule has 216 valence electrons. The number of carboxylic acids is 1. The molecule has 1 aromatic heterocycles. The Balaban J connectivity index is 0.00000108. The van der Waals surface area contributed by atoms with Gasteiger partial charge in [-0.1, -0.05) is 48.8 Å². The molecular formula is C27H22ClF3N2O7S. The van der Waals surface area contributed by atoms with E-state index in [4.69, 9.17) is 30.8 Å². The van der Waals surface area contributed by atoms with Crippen LogP contribution < -0.4 is 9.46 Å². The van der Waals surface area contributed by atoms with Crippen molar-refractivity contribution < 1.29 is 45.5 Å². The maximum absolute atomic E-state index is 14.4. The summed E-state index contributed by atoms with van der Waals surface area (Å²) in [6.07, 6.45) is -2.83. The van der Waals surface area contributed by atoms with Gasteiger partial charge >= 0.3 is 12.3 Å². The van der Waals surface area contributed by atoms with Gasteiger partial charge in [-0.15, -0.1) is 8.78 Å². The third-order valence-electron chi connectivity index (χ3n) is 5.43. The van der Waals surface area contributed by atoms with E-state index in [9.17, 15) is 26.4 Å². The Labute approximate surface area is 237 Å². The Morgan fingerprint density at radius 2 is 1.76 bits per heavy atom. The van der Waals surface area contributed by atoms with E-state index in [1.165, 1.54) is 42.5 Å². The van der Waals surface area contributed by atoms with Crippen molar-refractivity contribution in [1.82, 2.24) is 5.16 Å². The number of halogens is 4. The van der Waals surface area contributed by atoms with Crippen LogP contribution in [0.15, 0.2) is 76.1 Å². The Hall–Kier alpha value is -4.36. The van der Waals surface area contributed by atoms with Crippen LogP contribution in [0.4, 0.5) is 23.7 Å². The second-order valence-electron chi connectivity index (χ2n) is 8.60. The third-order valence-corrected chi connectivity index (χ3v) is 7.11. The fraction of sp³-hybridized carbons (Fsp3) is 0.148. The molecule has 0 aliphatic heterocycles. The predicted octanol–water partition coefficient (Wildman–Crippen LogP) is 7.38. The van der Waals surface area contributed by atoms with Crippen LogP contribution in [0.5, 0.6) is 5.75 Å². The van der Waals surface area contributed by atoms with E-state index in [0.717, 1.165) is 6.07 Å². The Morgan fingerprint density at radius 3 is 2.37 bits per heavy atom. The molecule has 2 N–H and O–H groups in total. The highest BCUT2D eigenvalue weighted by molar-refractivity contribution is 7.92. The van der Waals surface area contributed by atoms with Gasteiger partial charge in [0.1, 0.15) is 29.6 Å². The van der Waals surface area contributed by atoms with Gasteiger partial charge in [-0.3, -0.25) is 4.72 Å². The molecule has 1 heterocycles. The van der Waals surface area contributed by atoms with Crippen molar-refractivity contribution in [3.63, 3.8) is 0 Å². The van der Waals surface area contributed by atoms with E-state index in [2.05, 4.69) is 9.88 Å². The molecule has 0 radical (unpaired) electrons. The molecule has 0 aliphatic rings. The number of benzene rings is 3.